The van der Waals surface area contributed by atoms with E-state index in [1.807, 2.05) is 13.1 Å². The molecule has 0 heterocycles. The van der Waals surface area contributed by atoms with Crippen LogP contribution in [0.1, 0.15) is 18.1 Å². The van der Waals surface area contributed by atoms with Gasteiger partial charge in [-0.25, -0.2) is 0 Å². The number of ether oxygens (including phenoxy) is 1. The summed E-state index contributed by atoms with van der Waals surface area (Å²) in [6, 6.07) is 6.86. The summed E-state index contributed by atoms with van der Waals surface area (Å²) in [6.45, 7) is 4.26. The number of methoxy groups -OCH3 is 1. The number of rotatable bonds is 4. The van der Waals surface area contributed by atoms with Crippen molar-refractivity contribution >= 4 is 0 Å². The molecular formula is C12H19NO. The predicted octanol–water partition coefficient (Wildman–Crippen LogP) is 2.15. The summed E-state index contributed by atoms with van der Waals surface area (Å²) in [5, 5.41) is 3.23. The lowest BCUT2D eigenvalue weighted by molar-refractivity contribution is 0.411. The van der Waals surface area contributed by atoms with Crippen LogP contribution in [0.5, 0.6) is 5.75 Å². The van der Waals surface area contributed by atoms with Crippen LogP contribution in [0.15, 0.2) is 18.2 Å². The van der Waals surface area contributed by atoms with Crippen LogP contribution in [0.25, 0.3) is 0 Å². The van der Waals surface area contributed by atoms with E-state index in [9.17, 15) is 0 Å². The second kappa shape index (κ2) is 5.01. The van der Waals surface area contributed by atoms with Crippen LogP contribution in [0.4, 0.5) is 0 Å². The molecule has 0 aliphatic heterocycles. The summed E-state index contributed by atoms with van der Waals surface area (Å²) >= 11 is 0. The van der Waals surface area contributed by atoms with Crippen molar-refractivity contribution in [3.63, 3.8) is 0 Å². The van der Waals surface area contributed by atoms with Gasteiger partial charge in [0.2, 0.25) is 0 Å². The molecule has 2 nitrogen and oxygen atoms in total. The number of nitrogens with one attached hydrogen (secondary N) is 1. The van der Waals surface area contributed by atoms with Crippen LogP contribution in [0, 0.1) is 6.92 Å². The summed E-state index contributed by atoms with van der Waals surface area (Å²) in [5.41, 5.74) is 2.55. The van der Waals surface area contributed by atoms with Crippen LogP contribution < -0.4 is 10.1 Å². The van der Waals surface area contributed by atoms with Crippen molar-refractivity contribution in [3.8, 4) is 5.75 Å². The molecule has 1 aromatic carbocycles. The first kappa shape index (κ1) is 11.1. The Balaban J connectivity index is 2.76. The minimum absolute atomic E-state index is 0.516. The van der Waals surface area contributed by atoms with Gasteiger partial charge < -0.3 is 10.1 Å². The van der Waals surface area contributed by atoms with Crippen LogP contribution in [-0.4, -0.2) is 20.2 Å². The molecule has 0 radical (unpaired) electrons. The highest BCUT2D eigenvalue weighted by Crippen LogP contribution is 2.19. The maximum absolute atomic E-state index is 5.22. The van der Waals surface area contributed by atoms with Crippen LogP contribution >= 0.6 is 0 Å². The number of likely N-dealkylation sites (N-methyl/N-ethyl adjacent to an activating group) is 1. The molecule has 0 aromatic heterocycles. The molecule has 2 heteroatoms. The number of hydrogen-bond acceptors (Lipinski definition) is 2. The third-order valence-electron chi connectivity index (χ3n) is 2.49. The minimum Gasteiger partial charge on any atom is -0.496 e. The quantitative estimate of drug-likeness (QED) is 0.791. The largest absolute Gasteiger partial charge is 0.496 e. The molecule has 78 valence electrons. The van der Waals surface area contributed by atoms with Crippen molar-refractivity contribution in [2.75, 3.05) is 14.2 Å². The summed E-state index contributed by atoms with van der Waals surface area (Å²) in [4.78, 5) is 0. The topological polar surface area (TPSA) is 21.3 Å². The fraction of sp³-hybridized carbons (Fsp3) is 0.500. The Labute approximate surface area is 86.3 Å². The van der Waals surface area contributed by atoms with Gasteiger partial charge in [0.25, 0.3) is 0 Å². The zero-order valence-electron chi connectivity index (χ0n) is 9.42. The number of benzene rings is 1. The molecule has 1 rings (SSSR count). The minimum atomic E-state index is 0.516. The molecule has 0 aliphatic carbocycles. The Kier molecular flexibility index (Phi) is 3.96. The molecule has 0 spiro atoms. The van der Waals surface area contributed by atoms with Gasteiger partial charge in [-0.3, -0.25) is 0 Å². The Hall–Kier alpha value is -1.02. The standard InChI is InChI=1S/C12H19NO/c1-9-7-11(8-10(2)13-3)5-6-12(9)14-4/h5-7,10,13H,8H2,1-4H3. The Morgan fingerprint density at radius 3 is 2.64 bits per heavy atom. The fourth-order valence-corrected chi connectivity index (χ4v) is 1.52. The molecule has 0 saturated carbocycles. The highest BCUT2D eigenvalue weighted by molar-refractivity contribution is 5.36. The second-order valence-electron chi connectivity index (χ2n) is 3.70. The highest BCUT2D eigenvalue weighted by atomic mass is 16.5. The summed E-state index contributed by atoms with van der Waals surface area (Å²) in [5.74, 6) is 0.964. The van der Waals surface area contributed by atoms with Crippen molar-refractivity contribution in [1.29, 1.82) is 0 Å². The average molecular weight is 193 g/mol. The van der Waals surface area contributed by atoms with E-state index in [1.165, 1.54) is 11.1 Å². The molecule has 1 aromatic rings. The molecule has 0 saturated heterocycles. The van der Waals surface area contributed by atoms with E-state index in [-0.39, 0.29) is 0 Å². The summed E-state index contributed by atoms with van der Waals surface area (Å²) in [7, 11) is 3.69. The average Bonchev–Trinajstić information content (AvgIpc) is 2.18. The molecule has 1 atom stereocenters. The summed E-state index contributed by atoms with van der Waals surface area (Å²) in [6.07, 6.45) is 1.06. The van der Waals surface area contributed by atoms with Crippen LogP contribution in [0.2, 0.25) is 0 Å². The van der Waals surface area contributed by atoms with Gasteiger partial charge in [0.1, 0.15) is 5.75 Å². The van der Waals surface area contributed by atoms with E-state index in [0.717, 1.165) is 12.2 Å². The highest BCUT2D eigenvalue weighted by Gasteiger charge is 2.03. The molecule has 0 fully saturated rings. The third-order valence-corrected chi connectivity index (χ3v) is 2.49. The molecule has 0 amide bonds. The number of aryl methyl sites for hydroxylation is 1. The first-order valence-electron chi connectivity index (χ1n) is 4.98. The van der Waals surface area contributed by atoms with Crippen molar-refractivity contribution < 1.29 is 4.74 Å². The van der Waals surface area contributed by atoms with Gasteiger partial charge >= 0.3 is 0 Å². The zero-order valence-corrected chi connectivity index (χ0v) is 9.42. The van der Waals surface area contributed by atoms with Gasteiger partial charge in [-0.15, -0.1) is 0 Å². The van der Waals surface area contributed by atoms with E-state index in [4.69, 9.17) is 4.74 Å². The van der Waals surface area contributed by atoms with Gasteiger partial charge in [0.15, 0.2) is 0 Å². The molecule has 1 N–H and O–H groups in total. The first-order chi connectivity index (χ1) is 6.67. The van der Waals surface area contributed by atoms with Gasteiger partial charge in [0.05, 0.1) is 7.11 Å². The van der Waals surface area contributed by atoms with E-state index >= 15 is 0 Å². The van der Waals surface area contributed by atoms with Gasteiger partial charge in [0, 0.05) is 6.04 Å². The van der Waals surface area contributed by atoms with Crippen molar-refractivity contribution in [2.45, 2.75) is 26.3 Å². The van der Waals surface area contributed by atoms with Crippen molar-refractivity contribution in [1.82, 2.24) is 5.32 Å². The number of hydrogen-bond donors (Lipinski definition) is 1. The second-order valence-corrected chi connectivity index (χ2v) is 3.70. The first-order valence-corrected chi connectivity index (χ1v) is 4.98. The van der Waals surface area contributed by atoms with E-state index in [0.29, 0.717) is 6.04 Å². The molecular weight excluding hydrogens is 174 g/mol. The molecule has 1 unspecified atom stereocenters. The van der Waals surface area contributed by atoms with E-state index in [2.05, 4.69) is 31.3 Å². The van der Waals surface area contributed by atoms with Crippen molar-refractivity contribution in [2.24, 2.45) is 0 Å². The third kappa shape index (κ3) is 2.74. The van der Waals surface area contributed by atoms with Gasteiger partial charge in [-0.05, 0) is 44.5 Å². The van der Waals surface area contributed by atoms with Crippen LogP contribution in [0.3, 0.4) is 0 Å². The van der Waals surface area contributed by atoms with Crippen LogP contribution in [-0.2, 0) is 6.42 Å². The monoisotopic (exact) mass is 193 g/mol. The maximum atomic E-state index is 5.22. The summed E-state index contributed by atoms with van der Waals surface area (Å²) < 4.78 is 5.22. The lowest BCUT2D eigenvalue weighted by Crippen LogP contribution is -2.23. The normalized spacial score (nSPS) is 12.6. The lowest BCUT2D eigenvalue weighted by Gasteiger charge is -2.11. The van der Waals surface area contributed by atoms with E-state index in [1.54, 1.807) is 7.11 Å². The molecule has 0 aliphatic rings. The van der Waals surface area contributed by atoms with E-state index < -0.39 is 0 Å². The van der Waals surface area contributed by atoms with Crippen molar-refractivity contribution in [3.05, 3.63) is 29.3 Å². The SMILES string of the molecule is CNC(C)Cc1ccc(OC)c(C)c1. The Morgan fingerprint density at radius 1 is 1.43 bits per heavy atom. The fourth-order valence-electron chi connectivity index (χ4n) is 1.52. The predicted molar refractivity (Wildman–Crippen MR) is 60.0 cm³/mol. The van der Waals surface area contributed by atoms with Gasteiger partial charge in [-0.1, -0.05) is 12.1 Å². The molecule has 14 heavy (non-hydrogen) atoms. The Morgan fingerprint density at radius 2 is 2.14 bits per heavy atom. The smallest absolute Gasteiger partial charge is 0.121 e. The van der Waals surface area contributed by atoms with Gasteiger partial charge in [-0.2, -0.15) is 0 Å². The lowest BCUT2D eigenvalue weighted by atomic mass is 10.0. The maximum Gasteiger partial charge on any atom is 0.121 e. The Bertz CT molecular complexity index is 296. The molecule has 0 bridgehead atoms. The zero-order chi connectivity index (χ0) is 10.6.